The number of morpholine rings is 1. The van der Waals surface area contributed by atoms with Crippen LogP contribution in [0.2, 0.25) is 10.2 Å². The predicted molar refractivity (Wildman–Crippen MR) is 79.6 cm³/mol. The van der Waals surface area contributed by atoms with Crippen molar-refractivity contribution in [1.82, 2.24) is 14.8 Å². The summed E-state index contributed by atoms with van der Waals surface area (Å²) in [5.74, 6) is -0.165. The van der Waals surface area contributed by atoms with E-state index in [-0.39, 0.29) is 11.9 Å². The van der Waals surface area contributed by atoms with Crippen LogP contribution in [0.5, 0.6) is 0 Å². The molecule has 0 bridgehead atoms. The van der Waals surface area contributed by atoms with E-state index in [1.165, 1.54) is 0 Å². The highest BCUT2D eigenvalue weighted by Gasteiger charge is 2.19. The summed E-state index contributed by atoms with van der Waals surface area (Å²) in [7, 11) is 1.72. The molecule has 0 unspecified atom stereocenters. The van der Waals surface area contributed by atoms with Crippen LogP contribution in [0.3, 0.4) is 0 Å². The zero-order valence-electron chi connectivity index (χ0n) is 11.7. The molecule has 0 radical (unpaired) electrons. The maximum absolute atomic E-state index is 12.1. The topological polar surface area (TPSA) is 46.5 Å². The number of hydrogen-bond acceptors (Lipinski definition) is 3. The minimum Gasteiger partial charge on any atom is -0.379 e. The van der Waals surface area contributed by atoms with Crippen molar-refractivity contribution in [1.29, 1.82) is 0 Å². The minimum atomic E-state index is -0.165. The molecule has 0 saturated carbocycles. The number of amides is 1. The van der Waals surface area contributed by atoms with Crippen molar-refractivity contribution in [2.24, 2.45) is 7.05 Å². The molecule has 0 aliphatic carbocycles. The first-order chi connectivity index (χ1) is 9.50. The van der Waals surface area contributed by atoms with Gasteiger partial charge in [0, 0.05) is 32.7 Å². The van der Waals surface area contributed by atoms with E-state index in [1.54, 1.807) is 17.7 Å². The normalized spacial score (nSPS) is 18.0. The molecule has 1 aromatic rings. The second kappa shape index (κ2) is 6.80. The first kappa shape index (κ1) is 15.6. The van der Waals surface area contributed by atoms with Crippen molar-refractivity contribution in [3.8, 4) is 0 Å². The number of ether oxygens (including phenoxy) is 1. The summed E-state index contributed by atoms with van der Waals surface area (Å²) >= 11 is 11.9. The van der Waals surface area contributed by atoms with E-state index in [9.17, 15) is 4.79 Å². The van der Waals surface area contributed by atoms with E-state index in [0.717, 1.165) is 26.3 Å². The Balaban J connectivity index is 1.89. The standard InChI is InChI=1S/C13H19Cl2N3O2/c1-9(18-3-5-20-6-4-18)8-16-13(19)11-7-10(14)12(15)17(11)2/h7,9H,3-6,8H2,1-2H3,(H,16,19)/t9-/m0/s1. The molecule has 1 atom stereocenters. The van der Waals surface area contributed by atoms with Crippen LogP contribution in [0, 0.1) is 0 Å². The molecule has 0 spiro atoms. The van der Waals surface area contributed by atoms with Crippen molar-refractivity contribution in [2.45, 2.75) is 13.0 Å². The largest absolute Gasteiger partial charge is 0.379 e. The summed E-state index contributed by atoms with van der Waals surface area (Å²) < 4.78 is 6.90. The van der Waals surface area contributed by atoms with Gasteiger partial charge in [-0.25, -0.2) is 0 Å². The Labute approximate surface area is 128 Å². The fourth-order valence-corrected chi connectivity index (χ4v) is 2.61. The lowest BCUT2D eigenvalue weighted by molar-refractivity contribution is 0.0204. The SMILES string of the molecule is C[C@@H](CNC(=O)c1cc(Cl)c(Cl)n1C)N1CCOCC1. The van der Waals surface area contributed by atoms with E-state index in [0.29, 0.717) is 22.4 Å². The van der Waals surface area contributed by atoms with Crippen LogP contribution in [0.25, 0.3) is 0 Å². The summed E-state index contributed by atoms with van der Waals surface area (Å²) in [5, 5.41) is 3.68. The Morgan fingerprint density at radius 2 is 2.10 bits per heavy atom. The highest BCUT2D eigenvalue weighted by atomic mass is 35.5. The monoisotopic (exact) mass is 319 g/mol. The van der Waals surface area contributed by atoms with Crippen LogP contribution in [-0.2, 0) is 11.8 Å². The van der Waals surface area contributed by atoms with Crippen molar-refractivity contribution in [2.75, 3.05) is 32.8 Å². The number of aromatic nitrogens is 1. The van der Waals surface area contributed by atoms with Gasteiger partial charge in [-0.05, 0) is 13.0 Å². The third kappa shape index (κ3) is 3.47. The van der Waals surface area contributed by atoms with Crippen molar-refractivity contribution in [3.05, 3.63) is 21.9 Å². The van der Waals surface area contributed by atoms with Gasteiger partial charge in [0.1, 0.15) is 10.8 Å². The van der Waals surface area contributed by atoms with E-state index >= 15 is 0 Å². The molecule has 20 heavy (non-hydrogen) atoms. The summed E-state index contributed by atoms with van der Waals surface area (Å²) in [5.41, 5.74) is 0.467. The van der Waals surface area contributed by atoms with Crippen molar-refractivity contribution >= 4 is 29.1 Å². The summed E-state index contributed by atoms with van der Waals surface area (Å²) in [6.07, 6.45) is 0. The Hall–Kier alpha value is -0.750. The molecule has 1 fully saturated rings. The molecular weight excluding hydrogens is 301 g/mol. The predicted octanol–water partition coefficient (Wildman–Crippen LogP) is 1.78. The van der Waals surface area contributed by atoms with Crippen molar-refractivity contribution in [3.63, 3.8) is 0 Å². The Bertz CT molecular complexity index is 484. The van der Waals surface area contributed by atoms with Crippen molar-refractivity contribution < 1.29 is 9.53 Å². The van der Waals surface area contributed by atoms with Crippen LogP contribution in [0.15, 0.2) is 6.07 Å². The van der Waals surface area contributed by atoms with Gasteiger partial charge in [-0.2, -0.15) is 0 Å². The Morgan fingerprint density at radius 3 is 2.65 bits per heavy atom. The zero-order valence-corrected chi connectivity index (χ0v) is 13.2. The first-order valence-electron chi connectivity index (χ1n) is 6.61. The summed E-state index contributed by atoms with van der Waals surface area (Å²) in [4.78, 5) is 14.4. The lowest BCUT2D eigenvalue weighted by atomic mass is 10.2. The van der Waals surface area contributed by atoms with Crippen LogP contribution in [0.1, 0.15) is 17.4 Å². The van der Waals surface area contributed by atoms with Crippen LogP contribution >= 0.6 is 23.2 Å². The second-order valence-electron chi connectivity index (χ2n) is 4.93. The molecule has 1 aliphatic rings. The third-order valence-corrected chi connectivity index (χ3v) is 4.42. The van der Waals surface area contributed by atoms with E-state index in [2.05, 4.69) is 17.1 Å². The van der Waals surface area contributed by atoms with Crippen LogP contribution in [-0.4, -0.2) is 54.3 Å². The molecule has 1 aliphatic heterocycles. The lowest BCUT2D eigenvalue weighted by Gasteiger charge is -2.32. The molecule has 112 valence electrons. The molecule has 7 heteroatoms. The van der Waals surface area contributed by atoms with Gasteiger partial charge in [0.15, 0.2) is 0 Å². The van der Waals surface area contributed by atoms with E-state index in [1.807, 2.05) is 0 Å². The Morgan fingerprint density at radius 1 is 1.45 bits per heavy atom. The molecule has 2 rings (SSSR count). The average molecular weight is 320 g/mol. The highest BCUT2D eigenvalue weighted by Crippen LogP contribution is 2.24. The van der Waals surface area contributed by atoms with Crippen LogP contribution < -0.4 is 5.32 Å². The highest BCUT2D eigenvalue weighted by molar-refractivity contribution is 6.41. The third-order valence-electron chi connectivity index (χ3n) is 3.58. The van der Waals surface area contributed by atoms with Gasteiger partial charge in [-0.15, -0.1) is 0 Å². The summed E-state index contributed by atoms with van der Waals surface area (Å²) in [6.45, 7) is 5.98. The first-order valence-corrected chi connectivity index (χ1v) is 7.37. The zero-order chi connectivity index (χ0) is 14.7. The molecule has 2 heterocycles. The number of hydrogen-bond donors (Lipinski definition) is 1. The molecular formula is C13H19Cl2N3O2. The fraction of sp³-hybridized carbons (Fsp3) is 0.615. The number of nitrogens with zero attached hydrogens (tertiary/aromatic N) is 2. The average Bonchev–Trinajstić information content (AvgIpc) is 2.73. The maximum atomic E-state index is 12.1. The fourth-order valence-electron chi connectivity index (χ4n) is 2.24. The molecule has 1 saturated heterocycles. The van der Waals surface area contributed by atoms with Gasteiger partial charge in [-0.1, -0.05) is 23.2 Å². The van der Waals surface area contributed by atoms with Gasteiger partial charge >= 0.3 is 0 Å². The van der Waals surface area contributed by atoms with Gasteiger partial charge in [0.25, 0.3) is 5.91 Å². The molecule has 0 aromatic carbocycles. The number of halogens is 2. The number of carbonyl (C=O) groups excluding carboxylic acids is 1. The van der Waals surface area contributed by atoms with Gasteiger partial charge in [-0.3, -0.25) is 9.69 Å². The quantitative estimate of drug-likeness (QED) is 0.920. The minimum absolute atomic E-state index is 0.165. The van der Waals surface area contributed by atoms with E-state index < -0.39 is 0 Å². The van der Waals surface area contributed by atoms with Crippen LogP contribution in [0.4, 0.5) is 0 Å². The smallest absolute Gasteiger partial charge is 0.268 e. The Kier molecular flexibility index (Phi) is 5.32. The van der Waals surface area contributed by atoms with E-state index in [4.69, 9.17) is 27.9 Å². The maximum Gasteiger partial charge on any atom is 0.268 e. The second-order valence-corrected chi connectivity index (χ2v) is 5.70. The van der Waals surface area contributed by atoms with Gasteiger partial charge in [0.05, 0.1) is 18.2 Å². The number of rotatable bonds is 4. The molecule has 5 nitrogen and oxygen atoms in total. The molecule has 1 amide bonds. The lowest BCUT2D eigenvalue weighted by Crippen LogP contribution is -2.47. The van der Waals surface area contributed by atoms with Gasteiger partial charge < -0.3 is 14.6 Å². The van der Waals surface area contributed by atoms with Gasteiger partial charge in [0.2, 0.25) is 0 Å². The molecule has 1 N–H and O–H groups in total. The molecule has 1 aromatic heterocycles. The summed E-state index contributed by atoms with van der Waals surface area (Å²) in [6, 6.07) is 1.85. The number of carbonyl (C=O) groups is 1. The number of nitrogens with one attached hydrogen (secondary N) is 1.